The summed E-state index contributed by atoms with van der Waals surface area (Å²) in [5.74, 6) is -0.883. The van der Waals surface area contributed by atoms with Crippen molar-refractivity contribution in [2.24, 2.45) is 0 Å². The van der Waals surface area contributed by atoms with Gasteiger partial charge in [0.25, 0.3) is 0 Å². The van der Waals surface area contributed by atoms with Crippen molar-refractivity contribution in [3.63, 3.8) is 0 Å². The van der Waals surface area contributed by atoms with Crippen LogP contribution in [0.3, 0.4) is 0 Å². The van der Waals surface area contributed by atoms with E-state index in [0.717, 1.165) is 6.42 Å². The fourth-order valence-electron chi connectivity index (χ4n) is 2.95. The average Bonchev–Trinajstić information content (AvgIpc) is 2.53. The van der Waals surface area contributed by atoms with Crippen LogP contribution in [0.4, 0.5) is 0 Å². The number of hydrogen-bond donors (Lipinski definition) is 1. The molecule has 0 spiro atoms. The first kappa shape index (κ1) is 17.5. The van der Waals surface area contributed by atoms with E-state index >= 15 is 0 Å². The van der Waals surface area contributed by atoms with Gasteiger partial charge in [0.1, 0.15) is 0 Å². The summed E-state index contributed by atoms with van der Waals surface area (Å²) in [6.07, 6.45) is 1.08. The maximum atomic E-state index is 12.5. The molecular formula is C18H25NO4. The summed E-state index contributed by atoms with van der Waals surface area (Å²) < 4.78 is 5.32. The predicted molar refractivity (Wildman–Crippen MR) is 87.3 cm³/mol. The number of carboxylic acids is 1. The van der Waals surface area contributed by atoms with Crippen molar-refractivity contribution < 1.29 is 19.4 Å². The zero-order valence-corrected chi connectivity index (χ0v) is 13.8. The Kier molecular flexibility index (Phi) is 5.77. The van der Waals surface area contributed by atoms with Crippen molar-refractivity contribution in [1.29, 1.82) is 0 Å². The van der Waals surface area contributed by atoms with Crippen molar-refractivity contribution >= 4 is 11.9 Å². The molecule has 5 heteroatoms. The molecule has 5 nitrogen and oxygen atoms in total. The standard InChI is InChI=1S/C18H25NO4/c1-18(2,14-6-4-3-5-7-14)9-8-16(20)19-10-11-23-13-15(19)12-17(21)22/h3-7,15H,8-13H2,1-2H3,(H,21,22). The van der Waals surface area contributed by atoms with Gasteiger partial charge >= 0.3 is 5.97 Å². The van der Waals surface area contributed by atoms with Gasteiger partial charge in [-0.05, 0) is 17.4 Å². The average molecular weight is 319 g/mol. The highest BCUT2D eigenvalue weighted by molar-refractivity contribution is 5.78. The van der Waals surface area contributed by atoms with Crippen molar-refractivity contribution in [2.75, 3.05) is 19.8 Å². The second kappa shape index (κ2) is 7.59. The summed E-state index contributed by atoms with van der Waals surface area (Å²) in [5, 5.41) is 8.98. The number of aliphatic carboxylic acids is 1. The molecule has 1 aliphatic heterocycles. The zero-order valence-electron chi connectivity index (χ0n) is 13.8. The van der Waals surface area contributed by atoms with Crippen LogP contribution in [0.1, 0.15) is 38.7 Å². The van der Waals surface area contributed by atoms with Crippen LogP contribution >= 0.6 is 0 Å². The van der Waals surface area contributed by atoms with E-state index < -0.39 is 5.97 Å². The van der Waals surface area contributed by atoms with E-state index in [0.29, 0.717) is 26.2 Å². The van der Waals surface area contributed by atoms with Crippen molar-refractivity contribution in [3.8, 4) is 0 Å². The molecule has 126 valence electrons. The zero-order chi connectivity index (χ0) is 16.9. The van der Waals surface area contributed by atoms with E-state index in [4.69, 9.17) is 9.84 Å². The molecule has 0 aromatic heterocycles. The Bertz CT molecular complexity index is 541. The normalized spacial score (nSPS) is 18.7. The molecule has 0 aliphatic carbocycles. The number of morpholine rings is 1. The Hall–Kier alpha value is -1.88. The lowest BCUT2D eigenvalue weighted by Gasteiger charge is -2.35. The number of amides is 1. The van der Waals surface area contributed by atoms with E-state index in [-0.39, 0.29) is 23.8 Å². The third-order valence-electron chi connectivity index (χ3n) is 4.48. The third kappa shape index (κ3) is 4.79. The molecule has 1 fully saturated rings. The summed E-state index contributed by atoms with van der Waals surface area (Å²) in [6.45, 7) is 5.51. The van der Waals surface area contributed by atoms with Crippen molar-refractivity contribution in [2.45, 2.75) is 44.6 Å². The molecule has 1 aliphatic rings. The van der Waals surface area contributed by atoms with Crippen LogP contribution in [0.5, 0.6) is 0 Å². The van der Waals surface area contributed by atoms with Gasteiger partial charge in [0.05, 0.1) is 25.7 Å². The van der Waals surface area contributed by atoms with Gasteiger partial charge in [0.2, 0.25) is 5.91 Å². The Morgan fingerprint density at radius 1 is 1.30 bits per heavy atom. The second-order valence-corrected chi connectivity index (χ2v) is 6.66. The number of hydrogen-bond acceptors (Lipinski definition) is 3. The van der Waals surface area contributed by atoms with Crippen LogP contribution < -0.4 is 0 Å². The SMILES string of the molecule is CC(C)(CCC(=O)N1CCOCC1CC(=O)O)c1ccccc1. The quantitative estimate of drug-likeness (QED) is 0.874. The number of rotatable bonds is 6. The minimum absolute atomic E-state index is 0.0172. The van der Waals surface area contributed by atoms with E-state index in [1.807, 2.05) is 18.2 Å². The molecule has 0 saturated carbocycles. The molecule has 2 rings (SSSR count). The number of carboxylic acid groups (broad SMARTS) is 1. The maximum Gasteiger partial charge on any atom is 0.305 e. The van der Waals surface area contributed by atoms with Gasteiger partial charge in [-0.3, -0.25) is 9.59 Å². The lowest BCUT2D eigenvalue weighted by atomic mass is 9.80. The van der Waals surface area contributed by atoms with Gasteiger partial charge in [-0.1, -0.05) is 44.2 Å². The summed E-state index contributed by atoms with van der Waals surface area (Å²) >= 11 is 0. The van der Waals surface area contributed by atoms with E-state index in [9.17, 15) is 9.59 Å². The summed E-state index contributed by atoms with van der Waals surface area (Å²) in [5.41, 5.74) is 1.11. The number of nitrogens with zero attached hydrogens (tertiary/aromatic N) is 1. The highest BCUT2D eigenvalue weighted by Gasteiger charge is 2.30. The van der Waals surface area contributed by atoms with Gasteiger partial charge in [0, 0.05) is 13.0 Å². The minimum atomic E-state index is -0.900. The van der Waals surface area contributed by atoms with E-state index in [1.54, 1.807) is 4.90 Å². The Balaban J connectivity index is 1.96. The first-order valence-electron chi connectivity index (χ1n) is 8.05. The number of ether oxygens (including phenoxy) is 1. The molecule has 1 unspecified atom stereocenters. The molecule has 1 saturated heterocycles. The van der Waals surface area contributed by atoms with E-state index in [1.165, 1.54) is 5.56 Å². The van der Waals surface area contributed by atoms with Crippen LogP contribution in [0.15, 0.2) is 30.3 Å². The van der Waals surface area contributed by atoms with Crippen LogP contribution in [0.2, 0.25) is 0 Å². The van der Waals surface area contributed by atoms with Gasteiger partial charge < -0.3 is 14.7 Å². The Morgan fingerprint density at radius 2 is 2.00 bits per heavy atom. The highest BCUT2D eigenvalue weighted by atomic mass is 16.5. The van der Waals surface area contributed by atoms with Crippen LogP contribution in [0, 0.1) is 0 Å². The summed E-state index contributed by atoms with van der Waals surface area (Å²) in [4.78, 5) is 25.2. The topological polar surface area (TPSA) is 66.8 Å². The third-order valence-corrected chi connectivity index (χ3v) is 4.48. The van der Waals surface area contributed by atoms with Crippen molar-refractivity contribution in [1.82, 2.24) is 4.90 Å². The Morgan fingerprint density at radius 3 is 2.65 bits per heavy atom. The number of carbonyl (C=O) groups excluding carboxylic acids is 1. The molecule has 23 heavy (non-hydrogen) atoms. The summed E-state index contributed by atoms with van der Waals surface area (Å²) in [7, 11) is 0. The largest absolute Gasteiger partial charge is 0.481 e. The molecule has 0 bridgehead atoms. The maximum absolute atomic E-state index is 12.5. The summed E-state index contributed by atoms with van der Waals surface area (Å²) in [6, 6.07) is 9.79. The van der Waals surface area contributed by atoms with Gasteiger partial charge in [-0.25, -0.2) is 0 Å². The van der Waals surface area contributed by atoms with Crippen LogP contribution in [0.25, 0.3) is 0 Å². The second-order valence-electron chi connectivity index (χ2n) is 6.66. The number of benzene rings is 1. The molecule has 1 aromatic carbocycles. The smallest absolute Gasteiger partial charge is 0.305 e. The predicted octanol–water partition coefficient (Wildman–Crippen LogP) is 2.45. The molecular weight excluding hydrogens is 294 g/mol. The molecule has 1 amide bonds. The van der Waals surface area contributed by atoms with Gasteiger partial charge in [-0.2, -0.15) is 0 Å². The van der Waals surface area contributed by atoms with Crippen LogP contribution in [-0.4, -0.2) is 47.7 Å². The Labute approximate surface area is 137 Å². The molecule has 1 atom stereocenters. The lowest BCUT2D eigenvalue weighted by molar-refractivity contribution is -0.146. The van der Waals surface area contributed by atoms with Gasteiger partial charge in [0.15, 0.2) is 0 Å². The molecule has 0 radical (unpaired) electrons. The molecule has 1 N–H and O–H groups in total. The number of carbonyl (C=O) groups is 2. The fraction of sp³-hybridized carbons (Fsp3) is 0.556. The van der Waals surface area contributed by atoms with E-state index in [2.05, 4.69) is 26.0 Å². The van der Waals surface area contributed by atoms with Gasteiger partial charge in [-0.15, -0.1) is 0 Å². The fourth-order valence-corrected chi connectivity index (χ4v) is 2.95. The first-order valence-corrected chi connectivity index (χ1v) is 8.05. The van der Waals surface area contributed by atoms with Crippen LogP contribution in [-0.2, 0) is 19.7 Å². The van der Waals surface area contributed by atoms with Crippen molar-refractivity contribution in [3.05, 3.63) is 35.9 Å². The molecule has 1 aromatic rings. The minimum Gasteiger partial charge on any atom is -0.481 e. The first-order chi connectivity index (χ1) is 10.9. The monoisotopic (exact) mass is 319 g/mol. The highest BCUT2D eigenvalue weighted by Crippen LogP contribution is 2.28. The molecule has 1 heterocycles. The lowest BCUT2D eigenvalue weighted by Crippen LogP contribution is -2.49.